The van der Waals surface area contributed by atoms with Crippen molar-refractivity contribution in [3.05, 3.63) is 22.3 Å². The van der Waals surface area contributed by atoms with Gasteiger partial charge in [0.05, 0.1) is 23.3 Å². The molecule has 2 atom stereocenters. The fourth-order valence-electron chi connectivity index (χ4n) is 2.88. The Bertz CT molecular complexity index is 400. The van der Waals surface area contributed by atoms with E-state index in [0.717, 1.165) is 30.4 Å². The SMILES string of the molecule is CC1=C(C)C2CCCC1C(C#N)=C2C#N. The highest BCUT2D eigenvalue weighted by Gasteiger charge is 2.35. The van der Waals surface area contributed by atoms with Gasteiger partial charge < -0.3 is 0 Å². The Kier molecular flexibility index (Phi) is 2.37. The molecule has 3 aliphatic carbocycles. The number of rotatable bonds is 0. The van der Waals surface area contributed by atoms with Crippen molar-refractivity contribution in [1.82, 2.24) is 0 Å². The van der Waals surface area contributed by atoms with Gasteiger partial charge in [0.2, 0.25) is 0 Å². The smallest absolute Gasteiger partial charge is 0.0964 e. The summed E-state index contributed by atoms with van der Waals surface area (Å²) in [5, 5.41) is 18.3. The van der Waals surface area contributed by atoms with Crippen molar-refractivity contribution in [2.24, 2.45) is 11.8 Å². The van der Waals surface area contributed by atoms with Crippen LogP contribution in [0.3, 0.4) is 0 Å². The van der Waals surface area contributed by atoms with Crippen LogP contribution < -0.4 is 0 Å². The molecule has 0 aliphatic heterocycles. The minimum Gasteiger partial charge on any atom is -0.193 e. The molecule has 3 rings (SSSR count). The molecule has 0 spiro atoms. The molecular weight excluding hydrogens is 184 g/mol. The number of hydrogen-bond acceptors (Lipinski definition) is 2. The summed E-state index contributed by atoms with van der Waals surface area (Å²) in [6.45, 7) is 4.23. The topological polar surface area (TPSA) is 47.6 Å². The molecule has 0 fully saturated rings. The van der Waals surface area contributed by atoms with Gasteiger partial charge in [-0.3, -0.25) is 0 Å². The molecule has 0 aromatic carbocycles. The Morgan fingerprint density at radius 3 is 1.67 bits per heavy atom. The zero-order chi connectivity index (χ0) is 11.0. The van der Waals surface area contributed by atoms with Crippen molar-refractivity contribution in [1.29, 1.82) is 10.5 Å². The zero-order valence-electron chi connectivity index (χ0n) is 9.17. The molecule has 0 N–H and O–H groups in total. The fourth-order valence-corrected chi connectivity index (χ4v) is 2.88. The second-order valence-electron chi connectivity index (χ2n) is 4.45. The third kappa shape index (κ3) is 1.29. The molecule has 76 valence electrons. The largest absolute Gasteiger partial charge is 0.193 e. The van der Waals surface area contributed by atoms with E-state index in [1.165, 1.54) is 11.1 Å². The summed E-state index contributed by atoms with van der Waals surface area (Å²) in [6.07, 6.45) is 3.20. The number of fused-ring (bicyclic) bond motifs is 2. The van der Waals surface area contributed by atoms with Crippen LogP contribution in [0.4, 0.5) is 0 Å². The summed E-state index contributed by atoms with van der Waals surface area (Å²) in [5.41, 5.74) is 4.13. The molecule has 0 radical (unpaired) electrons. The van der Waals surface area contributed by atoms with Crippen molar-refractivity contribution in [3.63, 3.8) is 0 Å². The third-order valence-corrected chi connectivity index (χ3v) is 3.88. The van der Waals surface area contributed by atoms with Gasteiger partial charge in [-0.2, -0.15) is 10.5 Å². The van der Waals surface area contributed by atoms with Crippen molar-refractivity contribution in [2.75, 3.05) is 0 Å². The molecule has 0 saturated heterocycles. The molecule has 0 saturated carbocycles. The lowest BCUT2D eigenvalue weighted by Crippen LogP contribution is -2.17. The van der Waals surface area contributed by atoms with Gasteiger partial charge in [0, 0.05) is 11.8 Å². The first-order chi connectivity index (χ1) is 7.20. The molecule has 0 amide bonds. The van der Waals surface area contributed by atoms with Gasteiger partial charge in [-0.15, -0.1) is 0 Å². The summed E-state index contributed by atoms with van der Waals surface area (Å²) in [6, 6.07) is 4.50. The first-order valence-electron chi connectivity index (χ1n) is 5.42. The van der Waals surface area contributed by atoms with Gasteiger partial charge in [-0.1, -0.05) is 17.6 Å². The van der Waals surface area contributed by atoms with Gasteiger partial charge in [-0.05, 0) is 26.7 Å². The molecule has 0 aromatic heterocycles. The van der Waals surface area contributed by atoms with E-state index >= 15 is 0 Å². The highest BCUT2D eigenvalue weighted by Crippen LogP contribution is 2.45. The number of allylic oxidation sites excluding steroid dienone is 4. The number of nitriles is 2. The molecule has 2 heteroatoms. The number of hydrogen-bond donors (Lipinski definition) is 0. The van der Waals surface area contributed by atoms with Crippen molar-refractivity contribution >= 4 is 0 Å². The lowest BCUT2D eigenvalue weighted by atomic mass is 9.75. The minimum atomic E-state index is 0.225. The second kappa shape index (κ2) is 3.55. The average molecular weight is 198 g/mol. The molecule has 2 nitrogen and oxygen atoms in total. The maximum absolute atomic E-state index is 9.16. The van der Waals surface area contributed by atoms with E-state index in [2.05, 4.69) is 26.0 Å². The van der Waals surface area contributed by atoms with Crippen molar-refractivity contribution < 1.29 is 0 Å². The minimum absolute atomic E-state index is 0.225. The molecule has 2 bridgehead atoms. The molecule has 2 unspecified atom stereocenters. The van der Waals surface area contributed by atoms with Crippen LogP contribution in [0, 0.1) is 34.5 Å². The van der Waals surface area contributed by atoms with Crippen LogP contribution in [0.1, 0.15) is 33.1 Å². The van der Waals surface area contributed by atoms with E-state index in [0.29, 0.717) is 0 Å². The molecule has 0 heterocycles. The molecule has 3 aliphatic rings. The van der Waals surface area contributed by atoms with Crippen LogP contribution >= 0.6 is 0 Å². The van der Waals surface area contributed by atoms with Gasteiger partial charge in [0.25, 0.3) is 0 Å². The number of nitrogens with zero attached hydrogens (tertiary/aromatic N) is 2. The van der Waals surface area contributed by atoms with Gasteiger partial charge in [-0.25, -0.2) is 0 Å². The van der Waals surface area contributed by atoms with Crippen LogP contribution in [-0.4, -0.2) is 0 Å². The van der Waals surface area contributed by atoms with E-state index in [1.54, 1.807) is 0 Å². The van der Waals surface area contributed by atoms with E-state index < -0.39 is 0 Å². The predicted octanol–water partition coefficient (Wildman–Crippen LogP) is 3.10. The Hall–Kier alpha value is -1.54. The normalized spacial score (nSPS) is 29.9. The average Bonchev–Trinajstić information content (AvgIpc) is 2.51. The lowest BCUT2D eigenvalue weighted by Gasteiger charge is -2.26. The van der Waals surface area contributed by atoms with Crippen LogP contribution in [0.15, 0.2) is 22.3 Å². The van der Waals surface area contributed by atoms with Crippen molar-refractivity contribution in [3.8, 4) is 12.1 Å². The maximum Gasteiger partial charge on any atom is 0.0964 e. The Balaban J connectivity index is 2.61. The van der Waals surface area contributed by atoms with Gasteiger partial charge >= 0.3 is 0 Å². The van der Waals surface area contributed by atoms with Crippen LogP contribution in [0.5, 0.6) is 0 Å². The summed E-state index contributed by atoms with van der Waals surface area (Å²) >= 11 is 0. The van der Waals surface area contributed by atoms with E-state index in [-0.39, 0.29) is 11.8 Å². The zero-order valence-corrected chi connectivity index (χ0v) is 9.17. The van der Waals surface area contributed by atoms with Gasteiger partial charge in [0.15, 0.2) is 0 Å². The Labute approximate surface area is 90.5 Å². The monoisotopic (exact) mass is 198 g/mol. The standard InChI is InChI=1S/C13H14N2/c1-8-9(2)11-5-3-4-10(8)12(6-14)13(11)7-15/h10-11H,3-5H2,1-2H3. The maximum atomic E-state index is 9.16. The molecule has 0 aromatic rings. The van der Waals surface area contributed by atoms with Crippen LogP contribution in [0.25, 0.3) is 0 Å². The quantitative estimate of drug-likeness (QED) is 0.561. The van der Waals surface area contributed by atoms with E-state index in [9.17, 15) is 0 Å². The second-order valence-corrected chi connectivity index (χ2v) is 4.45. The van der Waals surface area contributed by atoms with E-state index in [1.807, 2.05) is 0 Å². The molecular formula is C13H14N2. The van der Waals surface area contributed by atoms with Crippen LogP contribution in [0.2, 0.25) is 0 Å². The first kappa shape index (κ1) is 9.99. The predicted molar refractivity (Wildman–Crippen MR) is 57.5 cm³/mol. The highest BCUT2D eigenvalue weighted by atomic mass is 14.4. The summed E-state index contributed by atoms with van der Waals surface area (Å²) in [4.78, 5) is 0. The van der Waals surface area contributed by atoms with Gasteiger partial charge in [0.1, 0.15) is 0 Å². The summed E-state index contributed by atoms with van der Waals surface area (Å²) < 4.78 is 0. The Morgan fingerprint density at radius 2 is 1.33 bits per heavy atom. The first-order valence-corrected chi connectivity index (χ1v) is 5.42. The van der Waals surface area contributed by atoms with E-state index in [4.69, 9.17) is 10.5 Å². The third-order valence-electron chi connectivity index (χ3n) is 3.88. The summed E-state index contributed by atoms with van der Waals surface area (Å²) in [7, 11) is 0. The highest BCUT2D eigenvalue weighted by molar-refractivity contribution is 5.51. The lowest BCUT2D eigenvalue weighted by molar-refractivity contribution is 0.610. The fraction of sp³-hybridized carbons (Fsp3) is 0.538. The Morgan fingerprint density at radius 1 is 0.933 bits per heavy atom. The van der Waals surface area contributed by atoms with Crippen molar-refractivity contribution in [2.45, 2.75) is 33.1 Å². The summed E-state index contributed by atoms with van der Waals surface area (Å²) in [5.74, 6) is 0.451. The molecule has 15 heavy (non-hydrogen) atoms. The van der Waals surface area contributed by atoms with Crippen LogP contribution in [-0.2, 0) is 0 Å².